The van der Waals surface area contributed by atoms with Crippen LogP contribution in [0.3, 0.4) is 0 Å². The van der Waals surface area contributed by atoms with Crippen LogP contribution in [0.25, 0.3) is 0 Å². The Morgan fingerprint density at radius 3 is 2.29 bits per heavy atom. The number of benzene rings is 2. The Morgan fingerprint density at radius 2 is 1.54 bits per heavy atom. The fourth-order valence-corrected chi connectivity index (χ4v) is 2.77. The zero-order valence-electron chi connectivity index (χ0n) is 13.7. The topological polar surface area (TPSA) is 64.7 Å². The molecule has 0 atom stereocenters. The van der Waals surface area contributed by atoms with Crippen LogP contribution in [0.5, 0.6) is 0 Å². The summed E-state index contributed by atoms with van der Waals surface area (Å²) in [6.45, 7) is 1.03. The number of nitrogens with zero attached hydrogens (tertiary/aromatic N) is 2. The van der Waals surface area contributed by atoms with Gasteiger partial charge < -0.3 is 20.4 Å². The summed E-state index contributed by atoms with van der Waals surface area (Å²) >= 11 is 0. The number of anilines is 3. The van der Waals surface area contributed by atoms with Gasteiger partial charge in [0.25, 0.3) is 5.91 Å². The average Bonchev–Trinajstić information content (AvgIpc) is 2.59. The first kappa shape index (κ1) is 15.9. The lowest BCUT2D eigenvalue weighted by atomic mass is 10.1. The van der Waals surface area contributed by atoms with Crippen molar-refractivity contribution < 1.29 is 9.59 Å². The Bertz CT molecular complexity index is 775. The smallest absolute Gasteiger partial charge is 0.254 e. The maximum atomic E-state index is 11.3. The number of hydrogen-bond donors (Lipinski definition) is 2. The molecule has 0 aromatic heterocycles. The van der Waals surface area contributed by atoms with E-state index in [0.717, 1.165) is 22.6 Å². The highest BCUT2D eigenvalue weighted by Crippen LogP contribution is 2.27. The van der Waals surface area contributed by atoms with Crippen LogP contribution in [0.15, 0.2) is 48.5 Å². The Balaban J connectivity index is 0.000000141. The van der Waals surface area contributed by atoms with Crippen molar-refractivity contribution in [1.29, 1.82) is 0 Å². The summed E-state index contributed by atoms with van der Waals surface area (Å²) in [4.78, 5) is 26.3. The van der Waals surface area contributed by atoms with Crippen LogP contribution in [0.2, 0.25) is 0 Å². The lowest BCUT2D eigenvalue weighted by Gasteiger charge is -2.27. The number of likely N-dealkylation sites (N-methyl/N-ethyl adjacent to an activating group) is 1. The molecule has 6 heteroatoms. The van der Waals surface area contributed by atoms with Crippen molar-refractivity contribution >= 4 is 28.9 Å². The van der Waals surface area contributed by atoms with Crippen molar-refractivity contribution in [3.05, 3.63) is 54.1 Å². The van der Waals surface area contributed by atoms with E-state index in [1.54, 1.807) is 0 Å². The molecule has 2 heterocycles. The minimum absolute atomic E-state index is 0.0173. The molecule has 2 amide bonds. The van der Waals surface area contributed by atoms with Gasteiger partial charge in [-0.1, -0.05) is 24.3 Å². The van der Waals surface area contributed by atoms with Crippen LogP contribution in [0.1, 0.15) is 10.4 Å². The molecule has 0 unspecified atom stereocenters. The van der Waals surface area contributed by atoms with Gasteiger partial charge in [0.1, 0.15) is 0 Å². The molecule has 2 N–H and O–H groups in total. The van der Waals surface area contributed by atoms with Crippen LogP contribution < -0.4 is 20.4 Å². The monoisotopic (exact) mass is 324 g/mol. The summed E-state index contributed by atoms with van der Waals surface area (Å²) in [6, 6.07) is 15.4. The van der Waals surface area contributed by atoms with Crippen molar-refractivity contribution in [3.63, 3.8) is 0 Å². The highest BCUT2D eigenvalue weighted by Gasteiger charge is 2.18. The van der Waals surface area contributed by atoms with E-state index in [2.05, 4.69) is 10.6 Å². The minimum atomic E-state index is 0.0173. The average molecular weight is 324 g/mol. The van der Waals surface area contributed by atoms with Crippen molar-refractivity contribution in [3.8, 4) is 0 Å². The number of carbonyl (C=O) groups is 2. The van der Waals surface area contributed by atoms with Gasteiger partial charge in [0.15, 0.2) is 0 Å². The first-order valence-electron chi connectivity index (χ1n) is 7.74. The van der Waals surface area contributed by atoms with Crippen molar-refractivity contribution in [1.82, 2.24) is 5.32 Å². The fourth-order valence-electron chi connectivity index (χ4n) is 2.77. The summed E-state index contributed by atoms with van der Waals surface area (Å²) in [6.07, 6.45) is 0. The quantitative estimate of drug-likeness (QED) is 0.777. The fraction of sp³-hybridized carbons (Fsp3) is 0.222. The third-order valence-corrected chi connectivity index (χ3v) is 4.01. The normalized spacial score (nSPS) is 15.4. The molecule has 0 spiro atoms. The van der Waals surface area contributed by atoms with Gasteiger partial charge in [0, 0.05) is 14.1 Å². The molecule has 0 bridgehead atoms. The van der Waals surface area contributed by atoms with E-state index >= 15 is 0 Å². The number of para-hydroxylation sites is 3. The van der Waals surface area contributed by atoms with Crippen molar-refractivity contribution in [2.75, 3.05) is 42.4 Å². The molecular formula is C18H20N4O2. The Hall–Kier alpha value is -3.02. The third-order valence-electron chi connectivity index (χ3n) is 4.01. The molecular weight excluding hydrogens is 304 g/mol. The SMILES string of the molecule is CN1CC(=O)Nc2ccccc21.CN1CNC(=O)c2ccccc21. The largest absolute Gasteiger partial charge is 0.364 e. The molecule has 0 saturated carbocycles. The van der Waals surface area contributed by atoms with Gasteiger partial charge in [-0.3, -0.25) is 9.59 Å². The molecule has 2 aliphatic rings. The van der Waals surface area contributed by atoms with E-state index in [-0.39, 0.29) is 11.8 Å². The molecule has 24 heavy (non-hydrogen) atoms. The van der Waals surface area contributed by atoms with E-state index in [9.17, 15) is 9.59 Å². The van der Waals surface area contributed by atoms with Crippen LogP contribution in [0.4, 0.5) is 17.1 Å². The number of fused-ring (bicyclic) bond motifs is 2. The Labute approximate surface area is 141 Å². The van der Waals surface area contributed by atoms with E-state index < -0.39 is 0 Å². The summed E-state index contributed by atoms with van der Waals surface area (Å²) in [5, 5.41) is 5.58. The molecule has 6 nitrogen and oxygen atoms in total. The van der Waals surface area contributed by atoms with E-state index in [4.69, 9.17) is 0 Å². The highest BCUT2D eigenvalue weighted by molar-refractivity contribution is 6.01. The molecule has 2 aromatic rings. The van der Waals surface area contributed by atoms with Crippen LogP contribution in [0, 0.1) is 0 Å². The summed E-state index contributed by atoms with van der Waals surface area (Å²) in [5.74, 6) is 0.0694. The molecule has 124 valence electrons. The zero-order chi connectivity index (χ0) is 17.1. The second-order valence-corrected chi connectivity index (χ2v) is 5.80. The Kier molecular flexibility index (Phi) is 4.37. The van der Waals surface area contributed by atoms with Gasteiger partial charge in [-0.2, -0.15) is 0 Å². The molecule has 2 aliphatic heterocycles. The predicted octanol–water partition coefficient (Wildman–Crippen LogP) is 1.90. The molecule has 0 saturated heterocycles. The number of amides is 2. The maximum absolute atomic E-state index is 11.3. The molecule has 2 aromatic carbocycles. The second-order valence-electron chi connectivity index (χ2n) is 5.80. The number of carbonyl (C=O) groups excluding carboxylic acids is 2. The van der Waals surface area contributed by atoms with Gasteiger partial charge in [-0.05, 0) is 24.3 Å². The lowest BCUT2D eigenvalue weighted by Crippen LogP contribution is -2.41. The van der Waals surface area contributed by atoms with Crippen LogP contribution in [-0.4, -0.2) is 39.1 Å². The van der Waals surface area contributed by atoms with E-state index in [1.165, 1.54) is 0 Å². The summed E-state index contributed by atoms with van der Waals surface area (Å²) in [5.41, 5.74) is 3.74. The van der Waals surface area contributed by atoms with E-state index in [1.807, 2.05) is 72.4 Å². The number of nitrogens with one attached hydrogen (secondary N) is 2. The molecule has 0 fully saturated rings. The molecule has 4 rings (SSSR count). The first-order chi connectivity index (χ1) is 11.6. The van der Waals surface area contributed by atoms with Crippen molar-refractivity contribution in [2.45, 2.75) is 0 Å². The van der Waals surface area contributed by atoms with Crippen LogP contribution >= 0.6 is 0 Å². The standard InChI is InChI=1S/2C9H10N2O/c1-11-6-10-9(12)7-4-2-3-5-8(7)11;1-11-6-9(12)10-7-4-2-3-5-8(7)11/h2*2-5H,6H2,1H3,(H,10,12). The molecule has 0 radical (unpaired) electrons. The second kappa shape index (κ2) is 6.62. The first-order valence-corrected chi connectivity index (χ1v) is 7.74. The van der Waals surface area contributed by atoms with Gasteiger partial charge in [0.2, 0.25) is 5.91 Å². The third kappa shape index (κ3) is 3.17. The van der Waals surface area contributed by atoms with E-state index in [0.29, 0.717) is 13.2 Å². The van der Waals surface area contributed by atoms with Gasteiger partial charge in [-0.15, -0.1) is 0 Å². The van der Waals surface area contributed by atoms with Gasteiger partial charge in [0.05, 0.1) is 35.8 Å². The molecule has 0 aliphatic carbocycles. The maximum Gasteiger partial charge on any atom is 0.254 e. The lowest BCUT2D eigenvalue weighted by molar-refractivity contribution is -0.115. The van der Waals surface area contributed by atoms with Gasteiger partial charge >= 0.3 is 0 Å². The summed E-state index contributed by atoms with van der Waals surface area (Å²) in [7, 11) is 3.87. The highest BCUT2D eigenvalue weighted by atomic mass is 16.2. The predicted molar refractivity (Wildman–Crippen MR) is 95.5 cm³/mol. The number of rotatable bonds is 0. The summed E-state index contributed by atoms with van der Waals surface area (Å²) < 4.78 is 0. The van der Waals surface area contributed by atoms with Crippen LogP contribution in [-0.2, 0) is 4.79 Å². The zero-order valence-corrected chi connectivity index (χ0v) is 13.7. The van der Waals surface area contributed by atoms with Gasteiger partial charge in [-0.25, -0.2) is 0 Å². The number of hydrogen-bond acceptors (Lipinski definition) is 4. The van der Waals surface area contributed by atoms with Crippen molar-refractivity contribution in [2.24, 2.45) is 0 Å². The Morgan fingerprint density at radius 1 is 0.875 bits per heavy atom. The minimum Gasteiger partial charge on any atom is -0.364 e.